The van der Waals surface area contributed by atoms with Crippen molar-refractivity contribution in [2.24, 2.45) is 5.73 Å². The fraction of sp³-hybridized carbons (Fsp3) is 0.217. The van der Waals surface area contributed by atoms with Gasteiger partial charge in [0.2, 0.25) is 5.89 Å². The van der Waals surface area contributed by atoms with Crippen molar-refractivity contribution in [3.05, 3.63) is 77.7 Å². The third-order valence-corrected chi connectivity index (χ3v) is 4.51. The van der Waals surface area contributed by atoms with Gasteiger partial charge in [-0.1, -0.05) is 42.5 Å². The second kappa shape index (κ2) is 9.88. The van der Waals surface area contributed by atoms with E-state index in [1.807, 2.05) is 18.2 Å². The van der Waals surface area contributed by atoms with E-state index in [2.05, 4.69) is 10.3 Å². The van der Waals surface area contributed by atoms with Crippen LogP contribution in [0.3, 0.4) is 0 Å². The molecule has 0 unspecified atom stereocenters. The first-order valence-corrected chi connectivity index (χ1v) is 9.92. The minimum atomic E-state index is -2.11. The number of esters is 1. The molecule has 1 aromatic heterocycles. The number of hydrogen-bond donors (Lipinski definition) is 3. The third kappa shape index (κ3) is 5.01. The van der Waals surface area contributed by atoms with E-state index in [-0.39, 0.29) is 30.6 Å². The molecule has 9 heteroatoms. The first kappa shape index (κ1) is 22.7. The van der Waals surface area contributed by atoms with Crippen LogP contribution in [0, 0.1) is 5.41 Å². The van der Waals surface area contributed by atoms with Gasteiger partial charge < -0.3 is 24.9 Å². The van der Waals surface area contributed by atoms with Crippen molar-refractivity contribution < 1.29 is 23.5 Å². The summed E-state index contributed by atoms with van der Waals surface area (Å²) >= 11 is 0. The van der Waals surface area contributed by atoms with Crippen molar-refractivity contribution in [2.75, 3.05) is 6.61 Å². The molecule has 3 aromatic rings. The summed E-state index contributed by atoms with van der Waals surface area (Å²) in [6.07, 6.45) is 1.24. The van der Waals surface area contributed by atoms with Gasteiger partial charge in [-0.05, 0) is 24.6 Å². The van der Waals surface area contributed by atoms with Gasteiger partial charge >= 0.3 is 11.8 Å². The maximum Gasteiger partial charge on any atom is 0.341 e. The number of nitrogens with zero attached hydrogens (tertiary/aromatic N) is 1. The Morgan fingerprint density at radius 3 is 2.44 bits per heavy atom. The molecule has 0 aliphatic carbocycles. The number of amides is 1. The number of benzene rings is 2. The third-order valence-electron chi connectivity index (χ3n) is 4.51. The Hall–Kier alpha value is -3.98. The molecule has 3 rings (SSSR count). The van der Waals surface area contributed by atoms with Crippen LogP contribution in [0.25, 0.3) is 11.5 Å². The molecule has 1 amide bonds. The van der Waals surface area contributed by atoms with E-state index >= 15 is 0 Å². The number of ether oxygens (including phenoxy) is 2. The van der Waals surface area contributed by atoms with Gasteiger partial charge in [0.25, 0.3) is 5.91 Å². The lowest BCUT2D eigenvalue weighted by Crippen LogP contribution is -2.49. The minimum absolute atomic E-state index is 0.0119. The zero-order valence-electron chi connectivity index (χ0n) is 17.8. The van der Waals surface area contributed by atoms with Crippen LogP contribution in [0.4, 0.5) is 0 Å². The van der Waals surface area contributed by atoms with Crippen molar-refractivity contribution in [1.29, 1.82) is 5.41 Å². The molecule has 0 aliphatic rings. The number of rotatable bonds is 9. The van der Waals surface area contributed by atoms with Crippen molar-refractivity contribution in [3.8, 4) is 11.5 Å². The summed E-state index contributed by atoms with van der Waals surface area (Å²) in [5.41, 5.74) is 7.49. The number of nitrogens with one attached hydrogen (secondary N) is 2. The molecule has 9 nitrogen and oxygen atoms in total. The highest BCUT2D eigenvalue weighted by Gasteiger charge is 2.48. The Kier molecular flexibility index (Phi) is 7.01. The predicted molar refractivity (Wildman–Crippen MR) is 116 cm³/mol. The Labute approximate surface area is 185 Å². The molecule has 2 aromatic carbocycles. The van der Waals surface area contributed by atoms with Crippen LogP contribution in [0.15, 0.2) is 65.3 Å². The average Bonchev–Trinajstić information content (AvgIpc) is 3.28. The van der Waals surface area contributed by atoms with Crippen molar-refractivity contribution in [2.45, 2.75) is 26.2 Å². The van der Waals surface area contributed by atoms with E-state index in [9.17, 15) is 9.59 Å². The molecule has 0 aliphatic heterocycles. The molecule has 0 spiro atoms. The monoisotopic (exact) mass is 436 g/mol. The van der Waals surface area contributed by atoms with Gasteiger partial charge in [-0.15, -0.1) is 0 Å². The number of hydrogen-bond acceptors (Lipinski definition) is 7. The molecular formula is C23H24N4O5. The predicted octanol–water partition coefficient (Wildman–Crippen LogP) is 2.69. The molecule has 1 atom stereocenters. The van der Waals surface area contributed by atoms with Gasteiger partial charge in [-0.2, -0.15) is 0 Å². The van der Waals surface area contributed by atoms with E-state index < -0.39 is 17.7 Å². The summed E-state index contributed by atoms with van der Waals surface area (Å²) in [6, 6.07) is 15.9. The number of oxazole rings is 1. The Bertz CT molecular complexity index is 1100. The molecule has 4 N–H and O–H groups in total. The van der Waals surface area contributed by atoms with E-state index in [4.69, 9.17) is 25.0 Å². The highest BCUT2D eigenvalue weighted by atomic mass is 16.7. The topological polar surface area (TPSA) is 141 Å². The SMILES string of the molecule is CCO[C@@](OC(C)=O)(C(=O)NCc1ccc(C(=N)N)cc1)c1coc(-c2ccccc2)n1. The van der Waals surface area contributed by atoms with Gasteiger partial charge in [0.1, 0.15) is 12.1 Å². The Morgan fingerprint density at radius 1 is 1.16 bits per heavy atom. The highest BCUT2D eigenvalue weighted by Crippen LogP contribution is 2.30. The summed E-state index contributed by atoms with van der Waals surface area (Å²) in [7, 11) is 0. The molecule has 0 saturated carbocycles. The maximum atomic E-state index is 13.2. The first-order valence-electron chi connectivity index (χ1n) is 9.92. The second-order valence-corrected chi connectivity index (χ2v) is 6.84. The van der Waals surface area contributed by atoms with Gasteiger partial charge in [-0.3, -0.25) is 15.0 Å². The van der Waals surface area contributed by atoms with Crippen LogP contribution in [0.1, 0.15) is 30.7 Å². The summed E-state index contributed by atoms with van der Waals surface area (Å²) in [6.45, 7) is 3.04. The Balaban J connectivity index is 1.89. The van der Waals surface area contributed by atoms with E-state index in [1.54, 1.807) is 43.3 Å². The van der Waals surface area contributed by atoms with Crippen LogP contribution >= 0.6 is 0 Å². The van der Waals surface area contributed by atoms with Gasteiger partial charge in [-0.25, -0.2) is 4.98 Å². The number of nitrogens with two attached hydrogens (primary N) is 1. The second-order valence-electron chi connectivity index (χ2n) is 6.84. The van der Waals surface area contributed by atoms with E-state index in [0.717, 1.165) is 5.56 Å². The smallest absolute Gasteiger partial charge is 0.341 e. The van der Waals surface area contributed by atoms with Crippen molar-refractivity contribution >= 4 is 17.7 Å². The fourth-order valence-electron chi connectivity index (χ4n) is 3.03. The van der Waals surface area contributed by atoms with Crippen LogP contribution in [-0.2, 0) is 31.4 Å². The number of aromatic nitrogens is 1. The molecule has 32 heavy (non-hydrogen) atoms. The highest BCUT2D eigenvalue weighted by molar-refractivity contribution is 5.94. The van der Waals surface area contributed by atoms with Crippen LogP contribution < -0.4 is 11.1 Å². The summed E-state index contributed by atoms with van der Waals surface area (Å²) in [4.78, 5) is 29.5. The first-order chi connectivity index (χ1) is 15.4. The number of carbonyl (C=O) groups excluding carboxylic acids is 2. The normalized spacial score (nSPS) is 12.6. The molecule has 0 bridgehead atoms. The summed E-state index contributed by atoms with van der Waals surface area (Å²) in [5.74, 6) is -3.34. The Morgan fingerprint density at radius 2 is 1.84 bits per heavy atom. The van der Waals surface area contributed by atoms with Crippen LogP contribution in [0.2, 0.25) is 0 Å². The average molecular weight is 436 g/mol. The lowest BCUT2D eigenvalue weighted by molar-refractivity contribution is -0.233. The van der Waals surface area contributed by atoms with Gasteiger partial charge in [0.15, 0.2) is 5.69 Å². The summed E-state index contributed by atoms with van der Waals surface area (Å²) < 4.78 is 16.6. The zero-order chi connectivity index (χ0) is 23.1. The molecular weight excluding hydrogens is 412 g/mol. The molecule has 0 fully saturated rings. The number of carbonyl (C=O) groups is 2. The van der Waals surface area contributed by atoms with Crippen molar-refractivity contribution in [1.82, 2.24) is 10.3 Å². The minimum Gasteiger partial charge on any atom is -0.444 e. The fourth-order valence-corrected chi connectivity index (χ4v) is 3.03. The molecule has 0 radical (unpaired) electrons. The molecule has 0 saturated heterocycles. The van der Waals surface area contributed by atoms with Gasteiger partial charge in [0, 0.05) is 31.2 Å². The maximum absolute atomic E-state index is 13.2. The van der Waals surface area contributed by atoms with Crippen LogP contribution in [-0.4, -0.2) is 29.3 Å². The summed E-state index contributed by atoms with van der Waals surface area (Å²) in [5, 5.41) is 10.2. The molecule has 1 heterocycles. The number of nitrogen functional groups attached to an aromatic ring is 1. The van der Waals surface area contributed by atoms with E-state index in [0.29, 0.717) is 11.1 Å². The van der Waals surface area contributed by atoms with Crippen LogP contribution in [0.5, 0.6) is 0 Å². The number of amidine groups is 1. The quantitative estimate of drug-likeness (QED) is 0.203. The zero-order valence-corrected chi connectivity index (χ0v) is 17.8. The lowest BCUT2D eigenvalue weighted by Gasteiger charge is -2.29. The lowest BCUT2D eigenvalue weighted by atomic mass is 10.1. The van der Waals surface area contributed by atoms with Gasteiger partial charge in [0.05, 0.1) is 0 Å². The molecule has 166 valence electrons. The largest absolute Gasteiger partial charge is 0.444 e. The van der Waals surface area contributed by atoms with Crippen molar-refractivity contribution in [3.63, 3.8) is 0 Å². The van der Waals surface area contributed by atoms with E-state index in [1.165, 1.54) is 13.2 Å². The standard InChI is InChI=1S/C23H24N4O5/c1-3-31-23(32-15(2)28,19-14-30-21(27-19)18-7-5-4-6-8-18)22(29)26-13-16-9-11-17(12-10-16)20(24)25/h4-12,14H,3,13H2,1-2H3,(H3,24,25)(H,26,29)/t23-/m0/s1.